The molecule has 0 aliphatic carbocycles. The molecule has 0 aliphatic heterocycles. The van der Waals surface area contributed by atoms with Crippen molar-refractivity contribution >= 4 is 17.5 Å². The fourth-order valence-electron chi connectivity index (χ4n) is 2.12. The van der Waals surface area contributed by atoms with E-state index in [1.54, 1.807) is 25.3 Å². The predicted molar refractivity (Wildman–Crippen MR) is 84.8 cm³/mol. The average Bonchev–Trinajstić information content (AvgIpc) is 2.52. The van der Waals surface area contributed by atoms with Gasteiger partial charge < -0.3 is 10.4 Å². The largest absolute Gasteiger partial charge is 0.396 e. The lowest BCUT2D eigenvalue weighted by Gasteiger charge is -2.15. The molecule has 1 unspecified atom stereocenters. The number of aliphatic hydroxyl groups excluding tert-OH is 1. The molecule has 0 aromatic carbocycles. The number of carbonyl (C=O) groups is 1. The van der Waals surface area contributed by atoms with Gasteiger partial charge in [0.15, 0.2) is 0 Å². The number of halogens is 1. The van der Waals surface area contributed by atoms with E-state index in [2.05, 4.69) is 15.3 Å². The number of aromatic nitrogens is 2. The minimum atomic E-state index is -0.221. The normalized spacial score (nSPS) is 12.0. The second-order valence-corrected chi connectivity index (χ2v) is 5.44. The van der Waals surface area contributed by atoms with Crippen LogP contribution in [-0.2, 0) is 6.42 Å². The molecule has 2 N–H and O–H groups in total. The Morgan fingerprint density at radius 1 is 1.36 bits per heavy atom. The van der Waals surface area contributed by atoms with Crippen LogP contribution in [0.15, 0.2) is 36.5 Å². The fourth-order valence-corrected chi connectivity index (χ4v) is 2.31. The molecule has 5 nitrogen and oxygen atoms in total. The van der Waals surface area contributed by atoms with Crippen molar-refractivity contribution in [2.45, 2.75) is 13.3 Å². The second-order valence-electron chi connectivity index (χ2n) is 5.05. The van der Waals surface area contributed by atoms with E-state index < -0.39 is 0 Å². The third-order valence-electron chi connectivity index (χ3n) is 3.33. The fraction of sp³-hybridized carbons (Fsp3) is 0.312. The number of hydrogen-bond acceptors (Lipinski definition) is 4. The molecular formula is C16H18ClN3O2. The lowest BCUT2D eigenvalue weighted by Crippen LogP contribution is -2.32. The van der Waals surface area contributed by atoms with Gasteiger partial charge in [0.2, 0.25) is 0 Å². The Morgan fingerprint density at radius 3 is 2.82 bits per heavy atom. The summed E-state index contributed by atoms with van der Waals surface area (Å²) in [5.74, 6) is -0.305. The van der Waals surface area contributed by atoms with Gasteiger partial charge in [-0.1, -0.05) is 17.7 Å². The van der Waals surface area contributed by atoms with Gasteiger partial charge in [0.1, 0.15) is 5.15 Å². The molecule has 1 amide bonds. The lowest BCUT2D eigenvalue weighted by atomic mass is 10.0. The number of nitrogens with one attached hydrogen (secondary N) is 1. The lowest BCUT2D eigenvalue weighted by molar-refractivity contribution is 0.0939. The quantitative estimate of drug-likeness (QED) is 0.799. The van der Waals surface area contributed by atoms with Gasteiger partial charge >= 0.3 is 0 Å². The molecule has 116 valence electrons. The summed E-state index contributed by atoms with van der Waals surface area (Å²) in [6.45, 7) is 2.08. The van der Waals surface area contributed by atoms with Crippen LogP contribution in [0.3, 0.4) is 0 Å². The summed E-state index contributed by atoms with van der Waals surface area (Å²) in [5.41, 5.74) is 1.95. The smallest absolute Gasteiger partial charge is 0.253 e. The molecule has 1 atom stereocenters. The van der Waals surface area contributed by atoms with Gasteiger partial charge in [-0.05, 0) is 37.6 Å². The van der Waals surface area contributed by atoms with E-state index in [0.717, 1.165) is 5.69 Å². The topological polar surface area (TPSA) is 75.1 Å². The highest BCUT2D eigenvalue weighted by Crippen LogP contribution is 2.11. The predicted octanol–water partition coefficient (Wildman–Crippen LogP) is 2.02. The monoisotopic (exact) mass is 319 g/mol. The minimum absolute atomic E-state index is 0.0191. The maximum Gasteiger partial charge on any atom is 0.253 e. The number of amides is 1. The maximum absolute atomic E-state index is 12.2. The Bertz CT molecular complexity index is 635. The molecule has 0 saturated heterocycles. The molecule has 22 heavy (non-hydrogen) atoms. The first kappa shape index (κ1) is 16.4. The number of carbonyl (C=O) groups excluding carboxylic acids is 1. The Kier molecular flexibility index (Phi) is 5.86. The molecule has 0 aliphatic rings. The van der Waals surface area contributed by atoms with Crippen LogP contribution in [0.4, 0.5) is 0 Å². The van der Waals surface area contributed by atoms with Gasteiger partial charge in [0, 0.05) is 31.0 Å². The van der Waals surface area contributed by atoms with E-state index in [9.17, 15) is 9.90 Å². The first-order valence-corrected chi connectivity index (χ1v) is 7.40. The first-order chi connectivity index (χ1) is 10.6. The third kappa shape index (κ3) is 4.51. The molecule has 6 heteroatoms. The van der Waals surface area contributed by atoms with Crippen LogP contribution >= 0.6 is 11.6 Å². The third-order valence-corrected chi connectivity index (χ3v) is 3.54. The van der Waals surface area contributed by atoms with E-state index in [4.69, 9.17) is 11.6 Å². The van der Waals surface area contributed by atoms with Crippen molar-refractivity contribution in [3.8, 4) is 0 Å². The SMILES string of the molecule is Cc1nc(Cl)ccc1C(=O)NCC(CO)Cc1ccccn1. The van der Waals surface area contributed by atoms with Crippen LogP contribution in [-0.4, -0.2) is 34.1 Å². The summed E-state index contributed by atoms with van der Waals surface area (Å²) in [4.78, 5) is 20.4. The van der Waals surface area contributed by atoms with Crippen molar-refractivity contribution in [2.75, 3.05) is 13.2 Å². The zero-order valence-electron chi connectivity index (χ0n) is 12.3. The van der Waals surface area contributed by atoms with Crippen molar-refractivity contribution in [3.63, 3.8) is 0 Å². The molecule has 0 fully saturated rings. The molecular weight excluding hydrogens is 302 g/mol. The molecule has 2 rings (SSSR count). The molecule has 0 bridgehead atoms. The van der Waals surface area contributed by atoms with Crippen molar-refractivity contribution < 1.29 is 9.90 Å². The molecule has 0 saturated carbocycles. The van der Waals surface area contributed by atoms with Crippen LogP contribution in [0.5, 0.6) is 0 Å². The van der Waals surface area contributed by atoms with Crippen molar-refractivity contribution in [3.05, 3.63) is 58.6 Å². The summed E-state index contributed by atoms with van der Waals surface area (Å²) in [6.07, 6.45) is 2.32. The Labute approximate surface area is 134 Å². The average molecular weight is 320 g/mol. The standard InChI is InChI=1S/C16H18ClN3O2/c1-11-14(5-6-15(17)20-11)16(22)19-9-12(10-21)8-13-4-2-3-7-18-13/h2-7,12,21H,8-10H2,1H3,(H,19,22). The van der Waals surface area contributed by atoms with Crippen LogP contribution in [0.1, 0.15) is 21.7 Å². The van der Waals surface area contributed by atoms with Crippen molar-refractivity contribution in [1.82, 2.24) is 15.3 Å². The number of nitrogens with zero attached hydrogens (tertiary/aromatic N) is 2. The number of pyridine rings is 2. The van der Waals surface area contributed by atoms with Gasteiger partial charge in [-0.3, -0.25) is 9.78 Å². The number of hydrogen-bond donors (Lipinski definition) is 2. The Morgan fingerprint density at radius 2 is 2.18 bits per heavy atom. The summed E-state index contributed by atoms with van der Waals surface area (Å²) in [7, 11) is 0. The van der Waals surface area contributed by atoms with E-state index in [1.807, 2.05) is 18.2 Å². The van der Waals surface area contributed by atoms with E-state index in [0.29, 0.717) is 29.4 Å². The van der Waals surface area contributed by atoms with Crippen LogP contribution in [0.2, 0.25) is 5.15 Å². The number of rotatable bonds is 6. The summed E-state index contributed by atoms with van der Waals surface area (Å²) >= 11 is 5.78. The van der Waals surface area contributed by atoms with Gasteiger partial charge in [-0.2, -0.15) is 0 Å². The summed E-state index contributed by atoms with van der Waals surface area (Å²) in [6, 6.07) is 8.87. The van der Waals surface area contributed by atoms with Crippen molar-refractivity contribution in [2.24, 2.45) is 5.92 Å². The van der Waals surface area contributed by atoms with Crippen molar-refractivity contribution in [1.29, 1.82) is 0 Å². The van der Waals surface area contributed by atoms with Gasteiger partial charge in [0.25, 0.3) is 5.91 Å². The first-order valence-electron chi connectivity index (χ1n) is 7.02. The van der Waals surface area contributed by atoms with Gasteiger partial charge in [0.05, 0.1) is 11.3 Å². The second kappa shape index (κ2) is 7.87. The highest BCUT2D eigenvalue weighted by atomic mass is 35.5. The summed E-state index contributed by atoms with van der Waals surface area (Å²) < 4.78 is 0. The van der Waals surface area contributed by atoms with Gasteiger partial charge in [-0.15, -0.1) is 0 Å². The Hall–Kier alpha value is -1.98. The van der Waals surface area contributed by atoms with E-state index in [-0.39, 0.29) is 18.4 Å². The maximum atomic E-state index is 12.2. The zero-order chi connectivity index (χ0) is 15.9. The number of aliphatic hydroxyl groups is 1. The highest BCUT2D eigenvalue weighted by molar-refractivity contribution is 6.29. The Balaban J connectivity index is 1.94. The van der Waals surface area contributed by atoms with E-state index in [1.165, 1.54) is 0 Å². The van der Waals surface area contributed by atoms with Crippen LogP contribution in [0.25, 0.3) is 0 Å². The molecule has 0 spiro atoms. The zero-order valence-corrected chi connectivity index (χ0v) is 13.0. The molecule has 2 heterocycles. The van der Waals surface area contributed by atoms with Gasteiger partial charge in [-0.25, -0.2) is 4.98 Å². The highest BCUT2D eigenvalue weighted by Gasteiger charge is 2.14. The molecule has 2 aromatic heterocycles. The van der Waals surface area contributed by atoms with Crippen LogP contribution < -0.4 is 5.32 Å². The summed E-state index contributed by atoms with van der Waals surface area (Å²) in [5, 5.41) is 12.6. The minimum Gasteiger partial charge on any atom is -0.396 e. The molecule has 0 radical (unpaired) electrons. The van der Waals surface area contributed by atoms with E-state index >= 15 is 0 Å². The molecule has 2 aromatic rings. The number of aryl methyl sites for hydroxylation is 1. The van der Waals surface area contributed by atoms with Crippen LogP contribution in [0, 0.1) is 12.8 Å².